The molecule has 0 saturated heterocycles. The van der Waals surface area contributed by atoms with Gasteiger partial charge in [-0.15, -0.1) is 0 Å². The SMILES string of the molecule is C[C@@H](O)[C@H](O)[C@H](N)[C@H](O)C=O. The molecule has 0 saturated carbocycles. The quantitative estimate of drug-likeness (QED) is 0.346. The number of carbonyl (C=O) groups excluding carboxylic acids is 1. The van der Waals surface area contributed by atoms with E-state index in [2.05, 4.69) is 0 Å². The molecule has 0 fully saturated rings. The molecule has 0 amide bonds. The molecule has 0 rings (SSSR count). The predicted octanol–water partition coefficient (Wildman–Crippen LogP) is -2.38. The van der Waals surface area contributed by atoms with Crippen molar-refractivity contribution in [3.8, 4) is 0 Å². The van der Waals surface area contributed by atoms with Crippen LogP contribution in [0, 0.1) is 0 Å². The Labute approximate surface area is 64.4 Å². The Balaban J connectivity index is 4.00. The van der Waals surface area contributed by atoms with E-state index in [-0.39, 0.29) is 6.29 Å². The van der Waals surface area contributed by atoms with Gasteiger partial charge < -0.3 is 25.8 Å². The Morgan fingerprint density at radius 1 is 1.36 bits per heavy atom. The highest BCUT2D eigenvalue weighted by Gasteiger charge is 2.25. The van der Waals surface area contributed by atoms with Crippen molar-refractivity contribution < 1.29 is 20.1 Å². The molecule has 0 aromatic heterocycles. The summed E-state index contributed by atoms with van der Waals surface area (Å²) in [6.45, 7) is 1.32. The summed E-state index contributed by atoms with van der Waals surface area (Å²) in [5.74, 6) is 0. The zero-order valence-corrected chi connectivity index (χ0v) is 6.21. The smallest absolute Gasteiger partial charge is 0.150 e. The van der Waals surface area contributed by atoms with Gasteiger partial charge in [-0.3, -0.25) is 0 Å². The monoisotopic (exact) mass is 163 g/mol. The van der Waals surface area contributed by atoms with Gasteiger partial charge in [0, 0.05) is 0 Å². The van der Waals surface area contributed by atoms with Crippen LogP contribution in [0.4, 0.5) is 0 Å². The Bertz CT molecular complexity index is 128. The van der Waals surface area contributed by atoms with E-state index in [1.54, 1.807) is 0 Å². The average molecular weight is 163 g/mol. The second-order valence-electron chi connectivity index (χ2n) is 2.44. The number of aldehydes is 1. The average Bonchev–Trinajstić information content (AvgIpc) is 2.00. The second kappa shape index (κ2) is 4.40. The second-order valence-corrected chi connectivity index (χ2v) is 2.44. The Kier molecular flexibility index (Phi) is 4.20. The normalized spacial score (nSPS) is 21.9. The third-order valence-corrected chi connectivity index (χ3v) is 1.42. The largest absolute Gasteiger partial charge is 0.391 e. The van der Waals surface area contributed by atoms with E-state index in [4.69, 9.17) is 21.1 Å². The van der Waals surface area contributed by atoms with E-state index in [1.807, 2.05) is 0 Å². The van der Waals surface area contributed by atoms with E-state index in [9.17, 15) is 4.79 Å². The van der Waals surface area contributed by atoms with Gasteiger partial charge in [0.15, 0.2) is 0 Å². The van der Waals surface area contributed by atoms with E-state index < -0.39 is 24.4 Å². The Hall–Kier alpha value is -0.490. The van der Waals surface area contributed by atoms with Crippen LogP contribution in [-0.4, -0.2) is 46.0 Å². The minimum atomic E-state index is -1.43. The molecule has 5 heteroatoms. The molecule has 11 heavy (non-hydrogen) atoms. The van der Waals surface area contributed by atoms with Crippen LogP contribution >= 0.6 is 0 Å². The fraction of sp³-hybridized carbons (Fsp3) is 0.833. The van der Waals surface area contributed by atoms with Crippen LogP contribution in [0.2, 0.25) is 0 Å². The Morgan fingerprint density at radius 2 is 1.82 bits per heavy atom. The zero-order chi connectivity index (χ0) is 9.02. The zero-order valence-electron chi connectivity index (χ0n) is 6.21. The molecule has 0 radical (unpaired) electrons. The summed E-state index contributed by atoms with van der Waals surface area (Å²) in [5, 5.41) is 26.6. The highest BCUT2D eigenvalue weighted by molar-refractivity contribution is 5.57. The van der Waals surface area contributed by atoms with Crippen molar-refractivity contribution in [2.45, 2.75) is 31.3 Å². The minimum absolute atomic E-state index is 0.219. The first-order valence-corrected chi connectivity index (χ1v) is 3.25. The van der Waals surface area contributed by atoms with Gasteiger partial charge in [0.25, 0.3) is 0 Å². The standard InChI is InChI=1S/C6H13NO4/c1-3(9)6(11)5(7)4(10)2-8/h2-6,9-11H,7H2,1H3/t3-,4-,5-,6+/m1/s1. The third-order valence-electron chi connectivity index (χ3n) is 1.42. The van der Waals surface area contributed by atoms with Crippen LogP contribution in [0.5, 0.6) is 0 Å². The van der Waals surface area contributed by atoms with Gasteiger partial charge in [0.1, 0.15) is 12.4 Å². The van der Waals surface area contributed by atoms with Crippen molar-refractivity contribution in [1.82, 2.24) is 0 Å². The Morgan fingerprint density at radius 3 is 2.09 bits per heavy atom. The van der Waals surface area contributed by atoms with Crippen LogP contribution in [0.3, 0.4) is 0 Å². The van der Waals surface area contributed by atoms with Crippen LogP contribution in [0.25, 0.3) is 0 Å². The molecular formula is C6H13NO4. The van der Waals surface area contributed by atoms with Crippen molar-refractivity contribution in [3.05, 3.63) is 0 Å². The van der Waals surface area contributed by atoms with Gasteiger partial charge >= 0.3 is 0 Å². The predicted molar refractivity (Wildman–Crippen MR) is 37.7 cm³/mol. The number of aliphatic hydroxyl groups excluding tert-OH is 3. The van der Waals surface area contributed by atoms with Gasteiger partial charge in [0.2, 0.25) is 0 Å². The van der Waals surface area contributed by atoms with E-state index in [0.29, 0.717) is 0 Å². The fourth-order valence-corrected chi connectivity index (χ4v) is 0.614. The van der Waals surface area contributed by atoms with Gasteiger partial charge in [-0.1, -0.05) is 0 Å². The van der Waals surface area contributed by atoms with E-state index >= 15 is 0 Å². The summed E-state index contributed by atoms with van der Waals surface area (Å²) >= 11 is 0. The van der Waals surface area contributed by atoms with Gasteiger partial charge in [-0.05, 0) is 6.92 Å². The molecule has 5 N–H and O–H groups in total. The number of hydrogen-bond donors (Lipinski definition) is 4. The van der Waals surface area contributed by atoms with Crippen LogP contribution < -0.4 is 5.73 Å². The number of rotatable bonds is 4. The summed E-state index contributed by atoms with van der Waals surface area (Å²) in [6, 6.07) is -1.13. The van der Waals surface area contributed by atoms with Crippen molar-refractivity contribution in [2.75, 3.05) is 0 Å². The lowest BCUT2D eigenvalue weighted by Gasteiger charge is -2.22. The van der Waals surface area contributed by atoms with Crippen LogP contribution in [0.1, 0.15) is 6.92 Å². The maximum Gasteiger partial charge on any atom is 0.150 e. The highest BCUT2D eigenvalue weighted by Crippen LogP contribution is 2.00. The van der Waals surface area contributed by atoms with Crippen molar-refractivity contribution in [3.63, 3.8) is 0 Å². The fourth-order valence-electron chi connectivity index (χ4n) is 0.614. The van der Waals surface area contributed by atoms with Crippen molar-refractivity contribution >= 4 is 6.29 Å². The van der Waals surface area contributed by atoms with Crippen molar-refractivity contribution in [1.29, 1.82) is 0 Å². The third kappa shape index (κ3) is 2.94. The van der Waals surface area contributed by atoms with E-state index in [0.717, 1.165) is 0 Å². The van der Waals surface area contributed by atoms with E-state index in [1.165, 1.54) is 6.92 Å². The number of aliphatic hydroxyl groups is 3. The minimum Gasteiger partial charge on any atom is -0.391 e. The first-order chi connectivity index (χ1) is 5.00. The topological polar surface area (TPSA) is 104 Å². The lowest BCUT2D eigenvalue weighted by Crippen LogP contribution is -2.50. The molecule has 0 unspecified atom stereocenters. The summed E-state index contributed by atoms with van der Waals surface area (Å²) in [7, 11) is 0. The van der Waals surface area contributed by atoms with Gasteiger partial charge in [-0.2, -0.15) is 0 Å². The van der Waals surface area contributed by atoms with Gasteiger partial charge in [-0.25, -0.2) is 0 Å². The summed E-state index contributed by atoms with van der Waals surface area (Å²) in [5.41, 5.74) is 5.18. The molecule has 66 valence electrons. The lowest BCUT2D eigenvalue weighted by molar-refractivity contribution is -0.118. The molecular weight excluding hydrogens is 150 g/mol. The summed E-state index contributed by atoms with van der Waals surface area (Å²) in [4.78, 5) is 9.95. The molecule has 0 aromatic carbocycles. The van der Waals surface area contributed by atoms with Crippen LogP contribution in [-0.2, 0) is 4.79 Å². The number of carbonyl (C=O) groups is 1. The maximum atomic E-state index is 9.95. The van der Waals surface area contributed by atoms with Crippen LogP contribution in [0.15, 0.2) is 0 Å². The maximum absolute atomic E-state index is 9.95. The molecule has 4 atom stereocenters. The number of nitrogens with two attached hydrogens (primary N) is 1. The molecule has 0 aliphatic heterocycles. The molecule has 0 bridgehead atoms. The first-order valence-electron chi connectivity index (χ1n) is 3.25. The molecule has 0 aliphatic rings. The molecule has 0 aliphatic carbocycles. The molecule has 0 spiro atoms. The number of hydrogen-bond acceptors (Lipinski definition) is 5. The molecule has 0 heterocycles. The highest BCUT2D eigenvalue weighted by atomic mass is 16.3. The summed E-state index contributed by atoms with van der Waals surface area (Å²) < 4.78 is 0. The van der Waals surface area contributed by atoms with Crippen molar-refractivity contribution in [2.24, 2.45) is 5.73 Å². The van der Waals surface area contributed by atoms with Gasteiger partial charge in [0.05, 0.1) is 18.2 Å². The summed E-state index contributed by atoms with van der Waals surface area (Å²) in [6.07, 6.45) is -3.55. The molecule has 0 aromatic rings. The first kappa shape index (κ1) is 10.5. The lowest BCUT2D eigenvalue weighted by atomic mass is 10.0. The molecule has 5 nitrogen and oxygen atoms in total.